The Labute approximate surface area is 193 Å². The smallest absolute Gasteiger partial charge is 0.338 e. The molecule has 0 N–H and O–H groups in total. The van der Waals surface area contributed by atoms with Gasteiger partial charge in [0.15, 0.2) is 6.61 Å². The summed E-state index contributed by atoms with van der Waals surface area (Å²) in [5.74, 6) is -1.70. The van der Waals surface area contributed by atoms with Crippen molar-refractivity contribution in [3.63, 3.8) is 0 Å². The van der Waals surface area contributed by atoms with Crippen LogP contribution in [0.15, 0.2) is 82.6 Å². The van der Waals surface area contributed by atoms with Crippen molar-refractivity contribution < 1.29 is 23.9 Å². The quantitative estimate of drug-likeness (QED) is 0.428. The van der Waals surface area contributed by atoms with E-state index in [1.54, 1.807) is 28.8 Å². The lowest BCUT2D eigenvalue weighted by Crippen LogP contribution is -2.32. The van der Waals surface area contributed by atoms with Crippen LogP contribution in [-0.2, 0) is 19.1 Å². The molecule has 7 nitrogen and oxygen atoms in total. The molecule has 0 aliphatic carbocycles. The van der Waals surface area contributed by atoms with Gasteiger partial charge < -0.3 is 4.74 Å². The van der Waals surface area contributed by atoms with Gasteiger partial charge >= 0.3 is 5.97 Å². The Balaban J connectivity index is 1.34. The highest BCUT2D eigenvalue weighted by molar-refractivity contribution is 7.99. The molecule has 0 unspecified atom stereocenters. The topological polar surface area (TPSA) is 84.0 Å². The normalized spacial score (nSPS) is 14.7. The summed E-state index contributed by atoms with van der Waals surface area (Å²) in [7, 11) is 0. The number of hydrogen-bond acceptors (Lipinski definition) is 6. The summed E-state index contributed by atoms with van der Waals surface area (Å²) in [6.07, 6.45) is 0.304. The van der Waals surface area contributed by atoms with E-state index in [1.807, 2.05) is 48.5 Å². The molecule has 5 rings (SSSR count). The zero-order valence-electron chi connectivity index (χ0n) is 17.4. The second-order valence-electron chi connectivity index (χ2n) is 7.52. The zero-order valence-corrected chi connectivity index (χ0v) is 18.2. The maximum atomic E-state index is 13.2. The lowest BCUT2D eigenvalue weighted by Gasteiger charge is -2.30. The first-order valence-electron chi connectivity index (χ1n) is 10.3. The van der Waals surface area contributed by atoms with Gasteiger partial charge in [0.25, 0.3) is 5.91 Å². The SMILES string of the molecule is O=C(OCC(=O)N1c2ccccc2Sc2ccccc21)c1cccc(N2C(=O)CCC2=O)c1. The number of carbonyl (C=O) groups is 4. The van der Waals surface area contributed by atoms with Crippen molar-refractivity contribution in [3.05, 3.63) is 78.4 Å². The maximum absolute atomic E-state index is 13.2. The van der Waals surface area contributed by atoms with Crippen LogP contribution in [-0.4, -0.2) is 30.3 Å². The molecule has 2 heterocycles. The second-order valence-corrected chi connectivity index (χ2v) is 8.60. The molecule has 2 aliphatic rings. The minimum Gasteiger partial charge on any atom is -0.452 e. The molecule has 164 valence electrons. The van der Waals surface area contributed by atoms with Crippen LogP contribution in [0.25, 0.3) is 0 Å². The van der Waals surface area contributed by atoms with Gasteiger partial charge in [0.1, 0.15) is 0 Å². The number of esters is 1. The van der Waals surface area contributed by atoms with Gasteiger partial charge in [-0.3, -0.25) is 24.2 Å². The monoisotopic (exact) mass is 458 g/mol. The highest BCUT2D eigenvalue weighted by Gasteiger charge is 2.31. The molecule has 0 saturated carbocycles. The van der Waals surface area contributed by atoms with Crippen molar-refractivity contribution in [2.24, 2.45) is 0 Å². The van der Waals surface area contributed by atoms with Crippen LogP contribution >= 0.6 is 11.8 Å². The molecule has 0 bridgehead atoms. The van der Waals surface area contributed by atoms with E-state index in [1.165, 1.54) is 12.1 Å². The first kappa shape index (κ1) is 21.0. The van der Waals surface area contributed by atoms with Gasteiger partial charge in [-0.2, -0.15) is 0 Å². The molecule has 3 aromatic rings. The largest absolute Gasteiger partial charge is 0.452 e. The molecular weight excluding hydrogens is 440 g/mol. The average Bonchev–Trinajstić information content (AvgIpc) is 3.18. The highest BCUT2D eigenvalue weighted by atomic mass is 32.2. The molecule has 1 fully saturated rings. The number of hydrogen-bond donors (Lipinski definition) is 0. The number of amides is 3. The third-order valence-corrected chi connectivity index (χ3v) is 6.53. The second kappa shape index (κ2) is 8.55. The van der Waals surface area contributed by atoms with E-state index < -0.39 is 12.6 Å². The summed E-state index contributed by atoms with van der Waals surface area (Å²) in [5, 5.41) is 0. The van der Waals surface area contributed by atoms with Crippen molar-refractivity contribution >= 4 is 52.5 Å². The van der Waals surface area contributed by atoms with E-state index in [-0.39, 0.29) is 36.1 Å². The molecule has 3 aromatic carbocycles. The number of imide groups is 1. The summed E-state index contributed by atoms with van der Waals surface area (Å²) in [6.45, 7) is -0.460. The van der Waals surface area contributed by atoms with Crippen molar-refractivity contribution in [1.29, 1.82) is 0 Å². The summed E-state index contributed by atoms with van der Waals surface area (Å²) in [5.41, 5.74) is 1.94. The Bertz CT molecular complexity index is 1240. The summed E-state index contributed by atoms with van der Waals surface area (Å²) in [4.78, 5) is 54.3. The fourth-order valence-electron chi connectivity index (χ4n) is 3.89. The molecule has 8 heteroatoms. The Kier molecular flexibility index (Phi) is 5.43. The molecule has 1 saturated heterocycles. The van der Waals surface area contributed by atoms with Crippen molar-refractivity contribution in [1.82, 2.24) is 0 Å². The summed E-state index contributed by atoms with van der Waals surface area (Å²) < 4.78 is 5.32. The van der Waals surface area contributed by atoms with Crippen LogP contribution in [0.1, 0.15) is 23.2 Å². The third-order valence-electron chi connectivity index (χ3n) is 5.40. The van der Waals surface area contributed by atoms with Crippen LogP contribution < -0.4 is 9.80 Å². The zero-order chi connectivity index (χ0) is 22.9. The lowest BCUT2D eigenvalue weighted by atomic mass is 10.2. The fourth-order valence-corrected chi connectivity index (χ4v) is 4.94. The van der Waals surface area contributed by atoms with Crippen molar-refractivity contribution in [2.75, 3.05) is 16.4 Å². The van der Waals surface area contributed by atoms with E-state index in [9.17, 15) is 19.2 Å². The molecule has 0 spiro atoms. The third kappa shape index (κ3) is 3.89. The Morgan fingerprint density at radius 3 is 2.06 bits per heavy atom. The number of nitrogens with zero attached hydrogens (tertiary/aromatic N) is 2. The van der Waals surface area contributed by atoms with Gasteiger partial charge in [-0.25, -0.2) is 4.79 Å². The van der Waals surface area contributed by atoms with Crippen LogP contribution in [0.3, 0.4) is 0 Å². The van der Waals surface area contributed by atoms with Crippen molar-refractivity contribution in [2.45, 2.75) is 22.6 Å². The molecule has 0 radical (unpaired) electrons. The molecule has 0 atom stereocenters. The predicted octanol–water partition coefficient (Wildman–Crippen LogP) is 4.33. The molecule has 2 aliphatic heterocycles. The van der Waals surface area contributed by atoms with Gasteiger partial charge in [0, 0.05) is 22.6 Å². The average molecular weight is 458 g/mol. The Morgan fingerprint density at radius 2 is 1.42 bits per heavy atom. The number of fused-ring (bicyclic) bond motifs is 2. The van der Waals surface area contributed by atoms with E-state index in [0.29, 0.717) is 5.69 Å². The van der Waals surface area contributed by atoms with Gasteiger partial charge in [0.05, 0.1) is 22.6 Å². The van der Waals surface area contributed by atoms with Gasteiger partial charge in [-0.15, -0.1) is 0 Å². The first-order chi connectivity index (χ1) is 16.0. The minimum absolute atomic E-state index is 0.152. The molecule has 33 heavy (non-hydrogen) atoms. The number of carbonyl (C=O) groups excluding carboxylic acids is 4. The van der Waals surface area contributed by atoms with Crippen LogP contribution in [0.4, 0.5) is 17.1 Å². The van der Waals surface area contributed by atoms with Crippen LogP contribution in [0, 0.1) is 0 Å². The number of para-hydroxylation sites is 2. The number of rotatable bonds is 4. The van der Waals surface area contributed by atoms with Crippen molar-refractivity contribution in [3.8, 4) is 0 Å². The van der Waals surface area contributed by atoms with Crippen LogP contribution in [0.5, 0.6) is 0 Å². The van der Waals surface area contributed by atoms with E-state index in [4.69, 9.17) is 4.74 Å². The Hall–Kier alpha value is -3.91. The summed E-state index contributed by atoms with van der Waals surface area (Å²) in [6, 6.07) is 21.2. The highest BCUT2D eigenvalue weighted by Crippen LogP contribution is 2.47. The van der Waals surface area contributed by atoms with E-state index in [2.05, 4.69) is 0 Å². The molecule has 0 aromatic heterocycles. The first-order valence-corrected chi connectivity index (χ1v) is 11.2. The molecular formula is C25H18N2O5S. The number of ether oxygens (including phenoxy) is 1. The fraction of sp³-hybridized carbons (Fsp3) is 0.120. The maximum Gasteiger partial charge on any atom is 0.338 e. The minimum atomic E-state index is -0.711. The Morgan fingerprint density at radius 1 is 0.818 bits per heavy atom. The van der Waals surface area contributed by atoms with Gasteiger partial charge in [-0.05, 0) is 42.5 Å². The lowest BCUT2D eigenvalue weighted by molar-refractivity contribution is -0.122. The van der Waals surface area contributed by atoms with E-state index >= 15 is 0 Å². The van der Waals surface area contributed by atoms with Gasteiger partial charge in [0.2, 0.25) is 11.8 Å². The van der Waals surface area contributed by atoms with Crippen LogP contribution in [0.2, 0.25) is 0 Å². The van der Waals surface area contributed by atoms with E-state index in [0.717, 1.165) is 26.1 Å². The molecule has 3 amide bonds. The predicted molar refractivity (Wildman–Crippen MR) is 123 cm³/mol. The standard InChI is InChI=1S/C25H18N2O5S/c28-22-12-13-23(29)26(22)17-7-5-6-16(14-17)25(31)32-15-24(30)27-18-8-1-3-10-20(18)33-21-11-4-2-9-19(21)27/h1-11,14H,12-13,15H2. The summed E-state index contributed by atoms with van der Waals surface area (Å²) >= 11 is 1.58. The number of anilines is 3. The van der Waals surface area contributed by atoms with Gasteiger partial charge in [-0.1, -0.05) is 42.1 Å². The number of benzene rings is 3.